The monoisotopic (exact) mass is 530 g/mol. The Hall–Kier alpha value is -3.59. The van der Waals surface area contributed by atoms with Crippen LogP contribution in [0.15, 0.2) is 95.0 Å². The van der Waals surface area contributed by atoms with E-state index in [2.05, 4.69) is 45.5 Å². The summed E-state index contributed by atoms with van der Waals surface area (Å²) in [7, 11) is 0. The van der Waals surface area contributed by atoms with E-state index >= 15 is 0 Å². The van der Waals surface area contributed by atoms with Crippen molar-refractivity contribution >= 4 is 50.3 Å². The topological polar surface area (TPSA) is 62.1 Å². The number of carbonyl (C=O) groups is 1. The first kappa shape index (κ1) is 23.6. The van der Waals surface area contributed by atoms with Gasteiger partial charge in [0.25, 0.3) is 5.91 Å². The minimum absolute atomic E-state index is 0.0104. The maximum absolute atomic E-state index is 12.5. The van der Waals surface area contributed by atoms with Crippen LogP contribution in [0, 0.1) is 11.3 Å². The first-order valence-corrected chi connectivity index (χ1v) is 11.7. The lowest BCUT2D eigenvalue weighted by atomic mass is 10.1. The van der Waals surface area contributed by atoms with Crippen LogP contribution in [-0.2, 0) is 17.9 Å². The molecule has 0 heterocycles. The highest BCUT2D eigenvalue weighted by Crippen LogP contribution is 2.36. The number of fused-ring (bicyclic) bond motifs is 1. The van der Waals surface area contributed by atoms with Gasteiger partial charge >= 0.3 is 0 Å². The minimum atomic E-state index is -0.449. The van der Waals surface area contributed by atoms with E-state index < -0.39 is 5.91 Å². The third-order valence-electron chi connectivity index (χ3n) is 5.19. The van der Waals surface area contributed by atoms with Crippen LogP contribution in [0.3, 0.4) is 0 Å². The van der Waals surface area contributed by atoms with Crippen molar-refractivity contribution in [3.63, 3.8) is 0 Å². The molecule has 0 atom stereocenters. The zero-order valence-corrected chi connectivity index (χ0v) is 20.4. The molecule has 6 heteroatoms. The Kier molecular flexibility index (Phi) is 7.64. The maximum Gasteiger partial charge on any atom is 0.262 e. The Morgan fingerprint density at radius 1 is 0.971 bits per heavy atom. The van der Waals surface area contributed by atoms with E-state index in [1.165, 1.54) is 11.5 Å². The Balaban J connectivity index is 1.46. The maximum atomic E-state index is 12.5. The molecule has 4 rings (SSSR count). The SMILES string of the molecule is N#C/C(=C/c1cc(Cl)c(OCc2ccc3ccccc3c2)c(Br)c1)C(=O)NCc1ccccc1. The van der Waals surface area contributed by atoms with Gasteiger partial charge in [-0.05, 0) is 67.7 Å². The zero-order valence-electron chi connectivity index (χ0n) is 18.1. The van der Waals surface area contributed by atoms with Crippen molar-refractivity contribution in [1.82, 2.24) is 5.32 Å². The molecule has 0 fully saturated rings. The predicted octanol–water partition coefficient (Wildman–Crippen LogP) is 7.06. The molecular weight excluding hydrogens is 512 g/mol. The van der Waals surface area contributed by atoms with E-state index in [9.17, 15) is 10.1 Å². The lowest BCUT2D eigenvalue weighted by molar-refractivity contribution is -0.117. The second-order valence-corrected chi connectivity index (χ2v) is 8.88. The van der Waals surface area contributed by atoms with E-state index in [1.807, 2.05) is 54.6 Å². The smallest absolute Gasteiger partial charge is 0.262 e. The molecule has 1 N–H and O–H groups in total. The minimum Gasteiger partial charge on any atom is -0.486 e. The van der Waals surface area contributed by atoms with Gasteiger partial charge in [-0.2, -0.15) is 5.26 Å². The van der Waals surface area contributed by atoms with Gasteiger partial charge in [0, 0.05) is 6.54 Å². The molecule has 34 heavy (non-hydrogen) atoms. The Morgan fingerprint density at radius 3 is 2.44 bits per heavy atom. The fraction of sp³-hybridized carbons (Fsp3) is 0.0714. The van der Waals surface area contributed by atoms with E-state index in [4.69, 9.17) is 16.3 Å². The normalized spacial score (nSPS) is 11.1. The highest BCUT2D eigenvalue weighted by atomic mass is 79.9. The van der Waals surface area contributed by atoms with Crippen LogP contribution in [-0.4, -0.2) is 5.91 Å². The van der Waals surface area contributed by atoms with Crippen molar-refractivity contribution in [1.29, 1.82) is 5.26 Å². The number of amides is 1. The van der Waals surface area contributed by atoms with E-state index in [-0.39, 0.29) is 5.57 Å². The number of nitriles is 1. The number of ether oxygens (including phenoxy) is 1. The highest BCUT2D eigenvalue weighted by Gasteiger charge is 2.13. The summed E-state index contributed by atoms with van der Waals surface area (Å²) < 4.78 is 6.61. The molecule has 0 aliphatic rings. The molecule has 0 saturated carbocycles. The Morgan fingerprint density at radius 2 is 1.71 bits per heavy atom. The summed E-state index contributed by atoms with van der Waals surface area (Å²) in [4.78, 5) is 12.5. The van der Waals surface area contributed by atoms with Gasteiger partial charge < -0.3 is 10.1 Å². The molecular formula is C28H20BrClN2O2. The van der Waals surface area contributed by atoms with Crippen molar-refractivity contribution in [2.24, 2.45) is 0 Å². The van der Waals surface area contributed by atoms with Gasteiger partial charge in [-0.25, -0.2) is 0 Å². The number of nitrogens with one attached hydrogen (secondary N) is 1. The van der Waals surface area contributed by atoms with E-state index in [1.54, 1.807) is 12.1 Å². The van der Waals surface area contributed by atoms with Gasteiger partial charge in [0.15, 0.2) is 5.75 Å². The number of hydrogen-bond acceptors (Lipinski definition) is 3. The van der Waals surface area contributed by atoms with Crippen molar-refractivity contribution in [3.8, 4) is 11.8 Å². The van der Waals surface area contributed by atoms with Crippen molar-refractivity contribution in [2.45, 2.75) is 13.2 Å². The Labute approximate surface area is 211 Å². The molecule has 1 amide bonds. The van der Waals surface area contributed by atoms with E-state index in [0.717, 1.165) is 16.5 Å². The number of halogens is 2. The third-order valence-corrected chi connectivity index (χ3v) is 6.06. The van der Waals surface area contributed by atoms with Crippen molar-refractivity contribution in [2.75, 3.05) is 0 Å². The molecule has 0 saturated heterocycles. The number of nitrogens with zero attached hydrogens (tertiary/aromatic N) is 1. The van der Waals surface area contributed by atoms with Gasteiger partial charge in [0.05, 0.1) is 9.50 Å². The van der Waals surface area contributed by atoms with Crippen LogP contribution in [0.1, 0.15) is 16.7 Å². The summed E-state index contributed by atoms with van der Waals surface area (Å²) in [5, 5.41) is 14.9. The van der Waals surface area contributed by atoms with Crippen molar-refractivity contribution < 1.29 is 9.53 Å². The first-order chi connectivity index (χ1) is 16.5. The van der Waals surface area contributed by atoms with Gasteiger partial charge in [-0.15, -0.1) is 0 Å². The third kappa shape index (κ3) is 5.85. The molecule has 4 aromatic rings. The highest BCUT2D eigenvalue weighted by molar-refractivity contribution is 9.10. The summed E-state index contributed by atoms with van der Waals surface area (Å²) in [6.07, 6.45) is 1.50. The van der Waals surface area contributed by atoms with Crippen LogP contribution in [0.25, 0.3) is 16.8 Å². The van der Waals surface area contributed by atoms with Gasteiger partial charge in [-0.1, -0.05) is 78.3 Å². The van der Waals surface area contributed by atoms with Crippen LogP contribution in [0.4, 0.5) is 0 Å². The summed E-state index contributed by atoms with van der Waals surface area (Å²) in [6, 6.07) is 29.2. The van der Waals surface area contributed by atoms with E-state index in [0.29, 0.717) is 34.0 Å². The fourth-order valence-corrected chi connectivity index (χ4v) is 4.46. The number of hydrogen-bond donors (Lipinski definition) is 1. The number of benzene rings is 4. The van der Waals surface area contributed by atoms with Crippen LogP contribution < -0.4 is 10.1 Å². The van der Waals surface area contributed by atoms with Crippen LogP contribution >= 0.6 is 27.5 Å². The molecule has 4 nitrogen and oxygen atoms in total. The average Bonchev–Trinajstić information content (AvgIpc) is 2.86. The van der Waals surface area contributed by atoms with Crippen LogP contribution in [0.5, 0.6) is 5.75 Å². The molecule has 0 aliphatic carbocycles. The number of carbonyl (C=O) groups excluding carboxylic acids is 1. The molecule has 0 radical (unpaired) electrons. The summed E-state index contributed by atoms with van der Waals surface area (Å²) >= 11 is 9.98. The van der Waals surface area contributed by atoms with Crippen molar-refractivity contribution in [3.05, 3.63) is 117 Å². The number of rotatable bonds is 7. The molecule has 0 unspecified atom stereocenters. The Bertz CT molecular complexity index is 1390. The van der Waals surface area contributed by atoms with Gasteiger partial charge in [0.2, 0.25) is 0 Å². The molecule has 4 aromatic carbocycles. The largest absolute Gasteiger partial charge is 0.486 e. The lowest BCUT2D eigenvalue weighted by Gasteiger charge is -2.12. The molecule has 0 bridgehead atoms. The van der Waals surface area contributed by atoms with Gasteiger partial charge in [-0.3, -0.25) is 4.79 Å². The summed E-state index contributed by atoms with van der Waals surface area (Å²) in [6.45, 7) is 0.689. The second kappa shape index (κ2) is 11.0. The zero-order chi connectivity index (χ0) is 23.9. The quantitative estimate of drug-likeness (QED) is 0.205. The van der Waals surface area contributed by atoms with Crippen LogP contribution in [0.2, 0.25) is 5.02 Å². The fourth-order valence-electron chi connectivity index (χ4n) is 3.47. The van der Waals surface area contributed by atoms with Gasteiger partial charge in [0.1, 0.15) is 18.2 Å². The molecule has 168 valence electrons. The molecule has 0 aliphatic heterocycles. The lowest BCUT2D eigenvalue weighted by Crippen LogP contribution is -2.23. The summed E-state index contributed by atoms with van der Waals surface area (Å²) in [5.74, 6) is 0.0502. The summed E-state index contributed by atoms with van der Waals surface area (Å²) in [5.41, 5.74) is 2.57. The second-order valence-electron chi connectivity index (χ2n) is 7.62. The molecule has 0 spiro atoms. The standard InChI is InChI=1S/C28H20BrClN2O2/c29-25-14-21(13-24(16-31)28(33)32-17-19-6-2-1-3-7-19)15-26(30)27(25)34-18-20-10-11-22-8-4-5-9-23(22)12-20/h1-15H,17-18H2,(H,32,33)/b24-13-. The molecule has 0 aromatic heterocycles. The first-order valence-electron chi connectivity index (χ1n) is 10.6. The average molecular weight is 532 g/mol. The predicted molar refractivity (Wildman–Crippen MR) is 139 cm³/mol.